The molecule has 2 unspecified atom stereocenters. The number of ether oxygens (including phenoxy) is 1. The number of allylic oxidation sites excluding steroid dienone is 2. The number of hydrogen-bond donors (Lipinski definition) is 0. The second-order valence-corrected chi connectivity index (χ2v) is 11.2. The van der Waals surface area contributed by atoms with Gasteiger partial charge in [0.25, 0.3) is 0 Å². The highest BCUT2D eigenvalue weighted by molar-refractivity contribution is 6.15. The third kappa shape index (κ3) is 3.75. The molecule has 0 fully saturated rings. The van der Waals surface area contributed by atoms with Gasteiger partial charge in [0, 0.05) is 38.9 Å². The molecular weight excluding hydrogens is 526 g/mol. The Bertz CT molecular complexity index is 2240. The largest absolute Gasteiger partial charge is 0.483 e. The van der Waals surface area contributed by atoms with Crippen molar-refractivity contribution in [2.45, 2.75) is 12.0 Å². The molecule has 3 heteroatoms. The highest BCUT2D eigenvalue weighted by atomic mass is 16.5. The van der Waals surface area contributed by atoms with E-state index in [-0.39, 0.29) is 12.0 Å². The molecule has 1 aliphatic heterocycles. The lowest BCUT2D eigenvalue weighted by Crippen LogP contribution is -2.16. The number of benzene rings is 6. The summed E-state index contributed by atoms with van der Waals surface area (Å²) in [5.41, 5.74) is 8.52. The summed E-state index contributed by atoms with van der Waals surface area (Å²) in [6.45, 7) is 0. The normalized spacial score (nSPS) is 16.8. The molecule has 0 spiro atoms. The van der Waals surface area contributed by atoms with E-state index >= 15 is 0 Å². The first-order chi connectivity index (χ1) is 21.3. The Labute approximate surface area is 249 Å². The SMILES string of the molecule is C1=CC2Oc3c(cccc3N(c3ccccc3)c3ccccc3-c3ccc4oc5c6ccccc6ccc5c4c3)C2C=C1. The van der Waals surface area contributed by atoms with Crippen LogP contribution in [0.5, 0.6) is 5.75 Å². The van der Waals surface area contributed by atoms with Crippen LogP contribution in [-0.4, -0.2) is 6.10 Å². The Morgan fingerprint density at radius 2 is 1.40 bits per heavy atom. The van der Waals surface area contributed by atoms with Crippen LogP contribution in [0.3, 0.4) is 0 Å². The van der Waals surface area contributed by atoms with E-state index in [9.17, 15) is 0 Å². The zero-order chi connectivity index (χ0) is 28.3. The number of fused-ring (bicyclic) bond motifs is 8. The molecular formula is C40H27NO2. The summed E-state index contributed by atoms with van der Waals surface area (Å²) in [7, 11) is 0. The highest BCUT2D eigenvalue weighted by Gasteiger charge is 2.35. The van der Waals surface area contributed by atoms with Gasteiger partial charge in [-0.1, -0.05) is 103 Å². The molecule has 2 heterocycles. The number of nitrogens with zero attached hydrogens (tertiary/aromatic N) is 1. The number of rotatable bonds is 4. The fraction of sp³-hybridized carbons (Fsp3) is 0.0500. The number of furan rings is 1. The van der Waals surface area contributed by atoms with Crippen LogP contribution < -0.4 is 9.64 Å². The van der Waals surface area contributed by atoms with Gasteiger partial charge in [-0.15, -0.1) is 0 Å². The van der Waals surface area contributed by atoms with Crippen LogP contribution in [0, 0.1) is 0 Å². The molecule has 9 rings (SSSR count). The van der Waals surface area contributed by atoms with E-state index in [0.29, 0.717) is 0 Å². The molecule has 7 aromatic rings. The van der Waals surface area contributed by atoms with E-state index in [0.717, 1.165) is 61.3 Å². The molecule has 6 aromatic carbocycles. The minimum Gasteiger partial charge on any atom is -0.483 e. The average Bonchev–Trinajstić information content (AvgIpc) is 3.65. The molecule has 0 amide bonds. The lowest BCUT2D eigenvalue weighted by molar-refractivity contribution is 0.269. The van der Waals surface area contributed by atoms with Gasteiger partial charge in [0.1, 0.15) is 23.0 Å². The molecule has 2 atom stereocenters. The van der Waals surface area contributed by atoms with Crippen LogP contribution in [0.25, 0.3) is 43.8 Å². The molecule has 1 aromatic heterocycles. The second-order valence-electron chi connectivity index (χ2n) is 11.2. The summed E-state index contributed by atoms with van der Waals surface area (Å²) in [5.74, 6) is 1.16. The molecule has 1 aliphatic carbocycles. The maximum atomic E-state index is 6.65. The average molecular weight is 554 g/mol. The summed E-state index contributed by atoms with van der Waals surface area (Å²) in [5, 5.41) is 4.56. The topological polar surface area (TPSA) is 25.6 Å². The van der Waals surface area contributed by atoms with Crippen LogP contribution in [0.2, 0.25) is 0 Å². The van der Waals surface area contributed by atoms with E-state index in [1.807, 2.05) is 0 Å². The van der Waals surface area contributed by atoms with Crippen LogP contribution >= 0.6 is 0 Å². The van der Waals surface area contributed by atoms with Gasteiger partial charge in [-0.05, 0) is 59.5 Å². The van der Waals surface area contributed by atoms with Crippen molar-refractivity contribution in [2.75, 3.05) is 4.90 Å². The van der Waals surface area contributed by atoms with E-state index in [2.05, 4.69) is 157 Å². The molecule has 0 bridgehead atoms. The molecule has 0 saturated heterocycles. The number of anilines is 3. The molecule has 204 valence electrons. The van der Waals surface area contributed by atoms with Gasteiger partial charge in [0.2, 0.25) is 0 Å². The van der Waals surface area contributed by atoms with Crippen molar-refractivity contribution in [1.82, 2.24) is 0 Å². The van der Waals surface area contributed by atoms with Gasteiger partial charge < -0.3 is 14.1 Å². The molecule has 0 N–H and O–H groups in total. The lowest BCUT2D eigenvalue weighted by Gasteiger charge is -2.29. The Kier molecular flexibility index (Phi) is 5.32. The zero-order valence-electron chi connectivity index (χ0n) is 23.4. The molecule has 43 heavy (non-hydrogen) atoms. The van der Waals surface area contributed by atoms with Crippen molar-refractivity contribution in [1.29, 1.82) is 0 Å². The molecule has 2 aliphatic rings. The molecule has 0 radical (unpaired) electrons. The fourth-order valence-corrected chi connectivity index (χ4v) is 6.79. The van der Waals surface area contributed by atoms with Crippen molar-refractivity contribution in [3.05, 3.63) is 157 Å². The van der Waals surface area contributed by atoms with Gasteiger partial charge in [-0.2, -0.15) is 0 Å². The van der Waals surface area contributed by atoms with Crippen LogP contribution in [0.15, 0.2) is 156 Å². The first-order valence-corrected chi connectivity index (χ1v) is 14.8. The van der Waals surface area contributed by atoms with Gasteiger partial charge in [-0.3, -0.25) is 0 Å². The minimum atomic E-state index is 0.0156. The van der Waals surface area contributed by atoms with Crippen molar-refractivity contribution >= 4 is 49.8 Å². The van der Waals surface area contributed by atoms with Crippen LogP contribution in [0.4, 0.5) is 17.1 Å². The maximum Gasteiger partial charge on any atom is 0.148 e. The first-order valence-electron chi connectivity index (χ1n) is 14.8. The summed E-state index contributed by atoms with van der Waals surface area (Å²) in [6, 6.07) is 45.1. The monoisotopic (exact) mass is 553 g/mol. The van der Waals surface area contributed by atoms with Gasteiger partial charge in [0.15, 0.2) is 0 Å². The molecule has 3 nitrogen and oxygen atoms in total. The van der Waals surface area contributed by atoms with E-state index < -0.39 is 0 Å². The second kappa shape index (κ2) is 9.50. The smallest absolute Gasteiger partial charge is 0.148 e. The predicted octanol–water partition coefficient (Wildman–Crippen LogP) is 10.8. The summed E-state index contributed by atoms with van der Waals surface area (Å²) < 4.78 is 13.1. The fourth-order valence-electron chi connectivity index (χ4n) is 6.79. The van der Waals surface area contributed by atoms with E-state index in [1.54, 1.807) is 0 Å². The maximum absolute atomic E-state index is 6.65. The quantitative estimate of drug-likeness (QED) is 0.217. The molecule has 0 saturated carbocycles. The van der Waals surface area contributed by atoms with Crippen molar-refractivity contribution < 1.29 is 9.15 Å². The predicted molar refractivity (Wildman–Crippen MR) is 177 cm³/mol. The van der Waals surface area contributed by atoms with Gasteiger partial charge in [-0.25, -0.2) is 0 Å². The van der Waals surface area contributed by atoms with E-state index in [1.165, 1.54) is 10.9 Å². The number of para-hydroxylation sites is 3. The summed E-state index contributed by atoms with van der Waals surface area (Å²) >= 11 is 0. The minimum absolute atomic E-state index is 0.0156. The van der Waals surface area contributed by atoms with Crippen LogP contribution in [0.1, 0.15) is 11.5 Å². The standard InChI is InChI=1S/C40H27NO2/c1-2-12-28(13-3-1)41(36-19-10-17-32-31-16-7-9-20-37(31)43-40(32)36)35-18-8-6-14-29(35)27-22-24-38-34(25-27)33-23-21-26-11-4-5-15-30(26)39(33)42-38/h1-25,31,37H. The first kappa shape index (κ1) is 24.1. The van der Waals surface area contributed by atoms with Crippen molar-refractivity contribution in [2.24, 2.45) is 0 Å². The Balaban J connectivity index is 1.25. The van der Waals surface area contributed by atoms with Gasteiger partial charge in [0.05, 0.1) is 11.4 Å². The number of hydrogen-bond acceptors (Lipinski definition) is 3. The van der Waals surface area contributed by atoms with Crippen LogP contribution in [-0.2, 0) is 0 Å². The third-order valence-corrected chi connectivity index (χ3v) is 8.79. The van der Waals surface area contributed by atoms with E-state index in [4.69, 9.17) is 9.15 Å². The lowest BCUT2D eigenvalue weighted by atomic mass is 9.91. The van der Waals surface area contributed by atoms with Crippen molar-refractivity contribution in [3.8, 4) is 16.9 Å². The Morgan fingerprint density at radius 3 is 2.35 bits per heavy atom. The Hall–Kier alpha value is -5.54. The highest BCUT2D eigenvalue weighted by Crippen LogP contribution is 2.51. The van der Waals surface area contributed by atoms with Gasteiger partial charge >= 0.3 is 0 Å². The zero-order valence-corrected chi connectivity index (χ0v) is 23.4. The summed E-state index contributed by atoms with van der Waals surface area (Å²) in [6.07, 6.45) is 8.62. The third-order valence-electron chi connectivity index (χ3n) is 8.79. The Morgan fingerprint density at radius 1 is 0.581 bits per heavy atom. The summed E-state index contributed by atoms with van der Waals surface area (Å²) in [4.78, 5) is 2.34. The van der Waals surface area contributed by atoms with Crippen molar-refractivity contribution in [3.63, 3.8) is 0 Å².